The molecule has 0 atom stereocenters. The van der Waals surface area contributed by atoms with Crippen LogP contribution in [0, 0.1) is 10.1 Å². The maximum absolute atomic E-state index is 12.6. The molecule has 1 aliphatic rings. The van der Waals surface area contributed by atoms with Gasteiger partial charge in [-0.1, -0.05) is 34.1 Å². The summed E-state index contributed by atoms with van der Waals surface area (Å²) in [6.45, 7) is 0.102. The van der Waals surface area contributed by atoms with Crippen LogP contribution in [0.25, 0.3) is 6.08 Å². The number of nitro benzene ring substituents is 1. The predicted molar refractivity (Wildman–Crippen MR) is 100 cm³/mol. The van der Waals surface area contributed by atoms with Gasteiger partial charge in [-0.3, -0.25) is 24.6 Å². The smallest absolute Gasteiger partial charge is 0.293 e. The molecule has 132 valence electrons. The summed E-state index contributed by atoms with van der Waals surface area (Å²) in [5.41, 5.74) is 0.654. The van der Waals surface area contributed by atoms with Gasteiger partial charge in [-0.05, 0) is 35.5 Å². The van der Waals surface area contributed by atoms with Gasteiger partial charge >= 0.3 is 0 Å². The molecule has 1 heterocycles. The molecule has 1 aliphatic heterocycles. The molecule has 26 heavy (non-hydrogen) atoms. The SMILES string of the molecule is O=C1S/C(=C\c2cc([N+](=O)[O-])ccc2O)C(=O)N1Cc1ccccc1Br. The van der Waals surface area contributed by atoms with Crippen LogP contribution in [0.3, 0.4) is 0 Å². The topological polar surface area (TPSA) is 101 Å². The zero-order chi connectivity index (χ0) is 18.8. The lowest BCUT2D eigenvalue weighted by atomic mass is 10.1. The standard InChI is InChI=1S/C17H11BrN2O5S/c18-13-4-2-1-3-10(13)9-19-16(22)15(26-17(19)23)8-11-7-12(20(24)25)5-6-14(11)21/h1-8,21H,9H2/b15-8-. The van der Waals surface area contributed by atoms with E-state index < -0.39 is 16.1 Å². The van der Waals surface area contributed by atoms with Crippen molar-refractivity contribution in [2.45, 2.75) is 6.54 Å². The first-order valence-corrected chi connectivity index (χ1v) is 8.94. The molecule has 1 N–H and O–H groups in total. The Morgan fingerprint density at radius 2 is 1.96 bits per heavy atom. The highest BCUT2D eigenvalue weighted by molar-refractivity contribution is 9.10. The van der Waals surface area contributed by atoms with Crippen LogP contribution in [0.5, 0.6) is 5.75 Å². The number of carbonyl (C=O) groups excluding carboxylic acids is 2. The lowest BCUT2D eigenvalue weighted by molar-refractivity contribution is -0.384. The number of non-ortho nitro benzene ring substituents is 1. The minimum Gasteiger partial charge on any atom is -0.507 e. The molecule has 1 fully saturated rings. The second kappa shape index (κ2) is 7.30. The van der Waals surface area contributed by atoms with Gasteiger partial charge < -0.3 is 5.11 Å². The number of nitrogens with zero attached hydrogens (tertiary/aromatic N) is 2. The largest absolute Gasteiger partial charge is 0.507 e. The van der Waals surface area contributed by atoms with Crippen molar-refractivity contribution in [2.75, 3.05) is 0 Å². The van der Waals surface area contributed by atoms with Gasteiger partial charge in [0.1, 0.15) is 5.75 Å². The summed E-state index contributed by atoms with van der Waals surface area (Å²) in [7, 11) is 0. The number of halogens is 1. The van der Waals surface area contributed by atoms with Crippen LogP contribution in [0.4, 0.5) is 10.5 Å². The second-order valence-corrected chi connectivity index (χ2v) is 7.21. The van der Waals surface area contributed by atoms with E-state index in [0.717, 1.165) is 38.8 Å². The van der Waals surface area contributed by atoms with Crippen molar-refractivity contribution in [3.63, 3.8) is 0 Å². The van der Waals surface area contributed by atoms with Gasteiger partial charge in [-0.25, -0.2) is 0 Å². The van der Waals surface area contributed by atoms with Crippen LogP contribution < -0.4 is 0 Å². The Hall–Kier alpha value is -2.65. The van der Waals surface area contributed by atoms with E-state index in [1.165, 1.54) is 12.1 Å². The number of carbonyl (C=O) groups is 2. The zero-order valence-electron chi connectivity index (χ0n) is 13.1. The first-order valence-electron chi connectivity index (χ1n) is 7.33. The van der Waals surface area contributed by atoms with Crippen LogP contribution >= 0.6 is 27.7 Å². The molecule has 0 saturated carbocycles. The Bertz CT molecular complexity index is 960. The minimum absolute atomic E-state index is 0.0952. The lowest BCUT2D eigenvalue weighted by Gasteiger charge is -2.13. The summed E-state index contributed by atoms with van der Waals surface area (Å²) in [5.74, 6) is -0.727. The molecule has 2 amide bonds. The first kappa shape index (κ1) is 18.2. The number of imide groups is 1. The fourth-order valence-electron chi connectivity index (χ4n) is 2.35. The van der Waals surface area contributed by atoms with Crippen molar-refractivity contribution in [1.82, 2.24) is 4.90 Å². The molecule has 0 unspecified atom stereocenters. The van der Waals surface area contributed by atoms with E-state index >= 15 is 0 Å². The summed E-state index contributed by atoms with van der Waals surface area (Å²) < 4.78 is 0.777. The van der Waals surface area contributed by atoms with Crippen molar-refractivity contribution in [2.24, 2.45) is 0 Å². The Morgan fingerprint density at radius 3 is 2.65 bits per heavy atom. The van der Waals surface area contributed by atoms with E-state index in [4.69, 9.17) is 0 Å². The zero-order valence-corrected chi connectivity index (χ0v) is 15.5. The quantitative estimate of drug-likeness (QED) is 0.437. The van der Waals surface area contributed by atoms with E-state index in [9.17, 15) is 24.8 Å². The number of aromatic hydroxyl groups is 1. The monoisotopic (exact) mass is 434 g/mol. The third-order valence-corrected chi connectivity index (χ3v) is 5.35. The fraction of sp³-hybridized carbons (Fsp3) is 0.0588. The van der Waals surface area contributed by atoms with Crippen molar-refractivity contribution in [3.05, 3.63) is 73.1 Å². The van der Waals surface area contributed by atoms with Crippen LogP contribution in [-0.2, 0) is 11.3 Å². The number of rotatable bonds is 4. The molecular weight excluding hydrogens is 424 g/mol. The highest BCUT2D eigenvalue weighted by atomic mass is 79.9. The summed E-state index contributed by atoms with van der Waals surface area (Å²) >= 11 is 4.10. The molecule has 9 heteroatoms. The normalized spacial score (nSPS) is 15.7. The average molecular weight is 435 g/mol. The minimum atomic E-state index is -0.602. The number of hydrogen-bond donors (Lipinski definition) is 1. The van der Waals surface area contributed by atoms with E-state index in [2.05, 4.69) is 15.9 Å². The maximum atomic E-state index is 12.6. The Labute approximate surface area is 160 Å². The lowest BCUT2D eigenvalue weighted by Crippen LogP contribution is -2.27. The fourth-order valence-corrected chi connectivity index (χ4v) is 3.58. The van der Waals surface area contributed by atoms with Crippen LogP contribution in [0.15, 0.2) is 51.8 Å². The first-order chi connectivity index (χ1) is 12.4. The maximum Gasteiger partial charge on any atom is 0.293 e. The number of phenolic OH excluding ortho intramolecular Hbond substituents is 1. The summed E-state index contributed by atoms with van der Waals surface area (Å²) in [5, 5.41) is 20.3. The molecule has 0 spiro atoms. The van der Waals surface area contributed by atoms with Gasteiger partial charge in [-0.2, -0.15) is 0 Å². The Kier molecular flexibility index (Phi) is 5.10. The molecule has 2 aromatic rings. The molecular formula is C17H11BrN2O5S. The molecule has 0 radical (unpaired) electrons. The van der Waals surface area contributed by atoms with Crippen molar-refractivity contribution >= 4 is 50.6 Å². The third kappa shape index (κ3) is 3.63. The second-order valence-electron chi connectivity index (χ2n) is 5.36. The summed E-state index contributed by atoms with van der Waals surface area (Å²) in [6.07, 6.45) is 1.28. The molecule has 1 saturated heterocycles. The number of nitro groups is 1. The summed E-state index contributed by atoms with van der Waals surface area (Å²) in [4.78, 5) is 36.2. The van der Waals surface area contributed by atoms with E-state index in [-0.39, 0.29) is 28.5 Å². The van der Waals surface area contributed by atoms with E-state index in [0.29, 0.717) is 0 Å². The molecule has 7 nitrogen and oxygen atoms in total. The number of thioether (sulfide) groups is 1. The van der Waals surface area contributed by atoms with E-state index in [1.807, 2.05) is 12.1 Å². The van der Waals surface area contributed by atoms with Crippen molar-refractivity contribution in [3.8, 4) is 5.75 Å². The molecule has 0 aliphatic carbocycles. The molecule has 2 aromatic carbocycles. The highest BCUT2D eigenvalue weighted by Gasteiger charge is 2.35. The number of amides is 2. The average Bonchev–Trinajstić information content (AvgIpc) is 2.86. The Morgan fingerprint density at radius 1 is 1.23 bits per heavy atom. The number of phenols is 1. The van der Waals surface area contributed by atoms with Gasteiger partial charge in [-0.15, -0.1) is 0 Å². The van der Waals surface area contributed by atoms with Crippen LogP contribution in [-0.4, -0.2) is 26.1 Å². The summed E-state index contributed by atoms with van der Waals surface area (Å²) in [6, 6.07) is 10.7. The van der Waals surface area contributed by atoms with Gasteiger partial charge in [0, 0.05) is 22.2 Å². The van der Waals surface area contributed by atoms with Crippen molar-refractivity contribution in [1.29, 1.82) is 0 Å². The Balaban J connectivity index is 1.89. The van der Waals surface area contributed by atoms with Crippen LogP contribution in [0.1, 0.15) is 11.1 Å². The van der Waals surface area contributed by atoms with Gasteiger partial charge in [0.15, 0.2) is 0 Å². The number of benzene rings is 2. The third-order valence-electron chi connectivity index (χ3n) is 3.67. The number of hydrogen-bond acceptors (Lipinski definition) is 6. The molecule has 3 rings (SSSR count). The predicted octanol–water partition coefficient (Wildman–Crippen LogP) is 4.30. The van der Waals surface area contributed by atoms with Gasteiger partial charge in [0.25, 0.3) is 16.8 Å². The van der Waals surface area contributed by atoms with Crippen molar-refractivity contribution < 1.29 is 19.6 Å². The molecule has 0 aromatic heterocycles. The molecule has 0 bridgehead atoms. The highest BCUT2D eigenvalue weighted by Crippen LogP contribution is 2.36. The van der Waals surface area contributed by atoms with Gasteiger partial charge in [0.2, 0.25) is 0 Å². The van der Waals surface area contributed by atoms with Crippen LogP contribution in [0.2, 0.25) is 0 Å². The van der Waals surface area contributed by atoms with Gasteiger partial charge in [0.05, 0.1) is 16.4 Å². The van der Waals surface area contributed by atoms with E-state index in [1.54, 1.807) is 12.1 Å².